The van der Waals surface area contributed by atoms with Crippen LogP contribution in [0, 0.1) is 0 Å². The molecular formula is C14H16N2O3. The van der Waals surface area contributed by atoms with Crippen molar-refractivity contribution in [2.45, 2.75) is 18.9 Å². The van der Waals surface area contributed by atoms with Gasteiger partial charge in [-0.05, 0) is 30.5 Å². The summed E-state index contributed by atoms with van der Waals surface area (Å²) in [6.07, 6.45) is 1.96. The fraction of sp³-hybridized carbons (Fsp3) is 0.357. The highest BCUT2D eigenvalue weighted by Gasteiger charge is 2.27. The number of aromatic nitrogens is 1. The topological polar surface area (TPSA) is 70.5 Å². The minimum atomic E-state index is -0.0257. The normalized spacial score (nSPS) is 18.7. The minimum absolute atomic E-state index is 0.0257. The first-order valence-corrected chi connectivity index (χ1v) is 6.30. The second kappa shape index (κ2) is 4.93. The van der Waals surface area contributed by atoms with E-state index in [1.165, 1.54) is 0 Å². The molecule has 2 heterocycles. The van der Waals surface area contributed by atoms with Crippen LogP contribution < -0.4 is 10.5 Å². The molecular weight excluding hydrogens is 244 g/mol. The van der Waals surface area contributed by atoms with Crippen molar-refractivity contribution in [3.8, 4) is 16.9 Å². The van der Waals surface area contributed by atoms with E-state index in [9.17, 15) is 0 Å². The summed E-state index contributed by atoms with van der Waals surface area (Å²) >= 11 is 0. The Bertz CT molecular complexity index is 574. The molecule has 3 rings (SSSR count). The summed E-state index contributed by atoms with van der Waals surface area (Å²) in [6, 6.07) is 7.68. The van der Waals surface area contributed by atoms with Gasteiger partial charge in [-0.3, -0.25) is 0 Å². The van der Waals surface area contributed by atoms with Gasteiger partial charge < -0.3 is 19.7 Å². The number of hydrogen-bond donors (Lipinski definition) is 1. The molecule has 2 aromatic rings. The van der Waals surface area contributed by atoms with E-state index in [0.29, 0.717) is 5.88 Å². The second-order valence-electron chi connectivity index (χ2n) is 4.54. The van der Waals surface area contributed by atoms with Crippen molar-refractivity contribution in [3.05, 3.63) is 30.0 Å². The SMILES string of the molecule is COc1cccc(-c2c(C3CCCO3)noc2N)c1. The highest BCUT2D eigenvalue weighted by atomic mass is 16.5. The standard InChI is InChI=1S/C14H16N2O3/c1-17-10-5-2-4-9(8-10)12-13(16-19-14(12)15)11-6-3-7-18-11/h2,4-5,8,11H,3,6-7,15H2,1H3. The van der Waals surface area contributed by atoms with Crippen molar-refractivity contribution >= 4 is 5.88 Å². The first-order valence-electron chi connectivity index (χ1n) is 6.30. The summed E-state index contributed by atoms with van der Waals surface area (Å²) in [4.78, 5) is 0. The Kier molecular flexibility index (Phi) is 3.13. The van der Waals surface area contributed by atoms with Gasteiger partial charge >= 0.3 is 0 Å². The zero-order valence-corrected chi connectivity index (χ0v) is 10.8. The molecule has 1 aromatic carbocycles. The Morgan fingerprint density at radius 2 is 2.32 bits per heavy atom. The lowest BCUT2D eigenvalue weighted by Gasteiger charge is -2.09. The lowest BCUT2D eigenvalue weighted by Crippen LogP contribution is -1.99. The maximum absolute atomic E-state index is 5.91. The van der Waals surface area contributed by atoms with Crippen molar-refractivity contribution < 1.29 is 14.0 Å². The van der Waals surface area contributed by atoms with Crippen molar-refractivity contribution in [1.29, 1.82) is 0 Å². The van der Waals surface area contributed by atoms with Crippen LogP contribution in [0.1, 0.15) is 24.6 Å². The van der Waals surface area contributed by atoms with Gasteiger partial charge in [-0.15, -0.1) is 0 Å². The van der Waals surface area contributed by atoms with Gasteiger partial charge in [0.15, 0.2) is 0 Å². The van der Waals surface area contributed by atoms with Crippen molar-refractivity contribution in [3.63, 3.8) is 0 Å². The molecule has 0 spiro atoms. The Morgan fingerprint density at radius 3 is 3.05 bits per heavy atom. The maximum atomic E-state index is 5.91. The van der Waals surface area contributed by atoms with Crippen LogP contribution in [-0.2, 0) is 4.74 Å². The summed E-state index contributed by atoms with van der Waals surface area (Å²) in [6.45, 7) is 0.759. The van der Waals surface area contributed by atoms with Gasteiger partial charge in [-0.25, -0.2) is 0 Å². The van der Waals surface area contributed by atoms with E-state index < -0.39 is 0 Å². The van der Waals surface area contributed by atoms with E-state index in [0.717, 1.165) is 42.0 Å². The van der Waals surface area contributed by atoms with Gasteiger partial charge in [0.25, 0.3) is 0 Å². The van der Waals surface area contributed by atoms with E-state index in [4.69, 9.17) is 19.7 Å². The second-order valence-corrected chi connectivity index (χ2v) is 4.54. The number of rotatable bonds is 3. The molecule has 1 fully saturated rings. The number of methoxy groups -OCH3 is 1. The molecule has 0 bridgehead atoms. The Hall–Kier alpha value is -2.01. The van der Waals surface area contributed by atoms with Gasteiger partial charge in [0.05, 0.1) is 12.7 Å². The molecule has 2 N–H and O–H groups in total. The molecule has 1 saturated heterocycles. The highest BCUT2D eigenvalue weighted by molar-refractivity contribution is 5.76. The van der Waals surface area contributed by atoms with Crippen LogP contribution in [0.2, 0.25) is 0 Å². The summed E-state index contributed by atoms with van der Waals surface area (Å²) < 4.78 is 16.0. The molecule has 1 unspecified atom stereocenters. The third-order valence-electron chi connectivity index (χ3n) is 3.34. The summed E-state index contributed by atoms with van der Waals surface area (Å²) in [5.41, 5.74) is 8.43. The number of anilines is 1. The zero-order chi connectivity index (χ0) is 13.2. The molecule has 0 amide bonds. The molecule has 0 saturated carbocycles. The predicted octanol–water partition coefficient (Wildman–Crippen LogP) is 2.78. The summed E-state index contributed by atoms with van der Waals surface area (Å²) in [7, 11) is 1.64. The average Bonchev–Trinajstić information content (AvgIpc) is 3.07. The molecule has 1 aliphatic rings. The average molecular weight is 260 g/mol. The van der Waals surface area contributed by atoms with Gasteiger partial charge in [-0.2, -0.15) is 0 Å². The molecule has 1 aliphatic heterocycles. The predicted molar refractivity (Wildman–Crippen MR) is 70.8 cm³/mol. The molecule has 1 aromatic heterocycles. The van der Waals surface area contributed by atoms with Crippen molar-refractivity contribution in [2.75, 3.05) is 19.5 Å². The molecule has 5 nitrogen and oxygen atoms in total. The summed E-state index contributed by atoms with van der Waals surface area (Å²) in [5, 5.41) is 4.06. The van der Waals surface area contributed by atoms with Gasteiger partial charge in [-0.1, -0.05) is 17.3 Å². The monoisotopic (exact) mass is 260 g/mol. The molecule has 19 heavy (non-hydrogen) atoms. The minimum Gasteiger partial charge on any atom is -0.497 e. The number of benzene rings is 1. The van der Waals surface area contributed by atoms with Crippen LogP contribution in [-0.4, -0.2) is 18.9 Å². The number of hydrogen-bond acceptors (Lipinski definition) is 5. The zero-order valence-electron chi connectivity index (χ0n) is 10.8. The molecule has 0 aliphatic carbocycles. The number of nitrogen functional groups attached to an aromatic ring is 1. The Labute approximate surface area is 111 Å². The van der Waals surface area contributed by atoms with E-state index in [1.54, 1.807) is 7.11 Å². The van der Waals surface area contributed by atoms with Gasteiger partial charge in [0, 0.05) is 6.61 Å². The van der Waals surface area contributed by atoms with E-state index in [2.05, 4.69) is 5.16 Å². The highest BCUT2D eigenvalue weighted by Crippen LogP contribution is 2.39. The van der Waals surface area contributed by atoms with E-state index in [-0.39, 0.29) is 6.10 Å². The van der Waals surface area contributed by atoms with Crippen molar-refractivity contribution in [2.24, 2.45) is 0 Å². The molecule has 100 valence electrons. The first-order chi connectivity index (χ1) is 9.29. The fourth-order valence-electron chi connectivity index (χ4n) is 2.40. The Morgan fingerprint density at radius 1 is 1.42 bits per heavy atom. The smallest absolute Gasteiger partial charge is 0.230 e. The summed E-state index contributed by atoms with van der Waals surface area (Å²) in [5.74, 6) is 1.09. The third kappa shape index (κ3) is 2.17. The lowest BCUT2D eigenvalue weighted by atomic mass is 10.0. The number of ether oxygens (including phenoxy) is 2. The van der Waals surface area contributed by atoms with Crippen LogP contribution >= 0.6 is 0 Å². The van der Waals surface area contributed by atoms with Gasteiger partial charge in [0.1, 0.15) is 17.5 Å². The molecule has 1 atom stereocenters. The van der Waals surface area contributed by atoms with E-state index in [1.807, 2.05) is 24.3 Å². The molecule has 0 radical (unpaired) electrons. The van der Waals surface area contributed by atoms with Crippen LogP contribution in [0.5, 0.6) is 5.75 Å². The quantitative estimate of drug-likeness (QED) is 0.918. The maximum Gasteiger partial charge on any atom is 0.230 e. The fourth-order valence-corrected chi connectivity index (χ4v) is 2.40. The van der Waals surface area contributed by atoms with Crippen LogP contribution in [0.3, 0.4) is 0 Å². The van der Waals surface area contributed by atoms with Crippen molar-refractivity contribution in [1.82, 2.24) is 5.16 Å². The van der Waals surface area contributed by atoms with Gasteiger partial charge in [0.2, 0.25) is 5.88 Å². The third-order valence-corrected chi connectivity index (χ3v) is 3.34. The Balaban J connectivity index is 2.05. The largest absolute Gasteiger partial charge is 0.497 e. The number of nitrogens with zero attached hydrogens (tertiary/aromatic N) is 1. The number of nitrogens with two attached hydrogens (primary N) is 1. The van der Waals surface area contributed by atoms with Crippen LogP contribution in [0.15, 0.2) is 28.8 Å². The molecule has 5 heteroatoms. The van der Waals surface area contributed by atoms with E-state index >= 15 is 0 Å². The lowest BCUT2D eigenvalue weighted by molar-refractivity contribution is 0.106. The van der Waals surface area contributed by atoms with Crippen LogP contribution in [0.25, 0.3) is 11.1 Å². The van der Waals surface area contributed by atoms with Crippen LogP contribution in [0.4, 0.5) is 5.88 Å². The first kappa shape index (κ1) is 12.0.